The summed E-state index contributed by atoms with van der Waals surface area (Å²) in [4.78, 5) is 1.11. The zero-order valence-electron chi connectivity index (χ0n) is 13.0. The maximum atomic E-state index is 10.1. The van der Waals surface area contributed by atoms with Gasteiger partial charge in [0, 0.05) is 4.88 Å². The Morgan fingerprint density at radius 3 is 2.10 bits per heavy atom. The highest BCUT2D eigenvalue weighted by atomic mass is 79.9. The standard InChI is InChI=1S/C17H29BrOS/c1-3-4-5-6-7-8-9-10-11-12-15(19)16-13-14(2)17(18)20-16/h13,15,19H,3-12H2,1-2H3. The maximum Gasteiger partial charge on any atom is 0.0882 e. The van der Waals surface area contributed by atoms with Gasteiger partial charge in [-0.2, -0.15) is 0 Å². The lowest BCUT2D eigenvalue weighted by Gasteiger charge is -2.08. The summed E-state index contributed by atoms with van der Waals surface area (Å²) in [5, 5.41) is 10.1. The number of thiophene rings is 1. The molecule has 0 spiro atoms. The first kappa shape index (κ1) is 18.2. The number of hydrogen-bond donors (Lipinski definition) is 1. The second-order valence-corrected chi connectivity index (χ2v) is 8.14. The average molecular weight is 361 g/mol. The van der Waals surface area contributed by atoms with Gasteiger partial charge in [0.2, 0.25) is 0 Å². The molecule has 1 atom stereocenters. The highest BCUT2D eigenvalue weighted by Gasteiger charge is 2.11. The van der Waals surface area contributed by atoms with E-state index in [0.717, 1.165) is 21.5 Å². The number of aliphatic hydroxyl groups excluding tert-OH is 1. The minimum Gasteiger partial charge on any atom is -0.388 e. The molecule has 1 nitrogen and oxygen atoms in total. The third kappa shape index (κ3) is 7.24. The Bertz CT molecular complexity index is 342. The minimum absolute atomic E-state index is 0.269. The van der Waals surface area contributed by atoms with Crippen LogP contribution in [0.5, 0.6) is 0 Å². The SMILES string of the molecule is CCCCCCCCCCCC(O)c1cc(C)c(Br)s1. The van der Waals surface area contributed by atoms with Crippen molar-refractivity contribution >= 4 is 27.3 Å². The Labute approximate surface area is 136 Å². The molecule has 1 unspecified atom stereocenters. The molecule has 1 heterocycles. The zero-order chi connectivity index (χ0) is 14.8. The Kier molecular flexibility index (Phi) is 9.83. The van der Waals surface area contributed by atoms with E-state index in [9.17, 15) is 5.11 Å². The van der Waals surface area contributed by atoms with Crippen LogP contribution in [-0.4, -0.2) is 5.11 Å². The van der Waals surface area contributed by atoms with E-state index in [1.165, 1.54) is 56.9 Å². The first-order chi connectivity index (χ1) is 9.65. The number of hydrogen-bond acceptors (Lipinski definition) is 2. The normalized spacial score (nSPS) is 12.8. The fourth-order valence-electron chi connectivity index (χ4n) is 2.44. The number of unbranched alkanes of at least 4 members (excludes halogenated alkanes) is 8. The predicted octanol–water partition coefficient (Wildman–Crippen LogP) is 6.77. The lowest BCUT2D eigenvalue weighted by molar-refractivity contribution is 0.167. The number of aliphatic hydroxyl groups is 1. The van der Waals surface area contributed by atoms with Gasteiger partial charge in [-0.3, -0.25) is 0 Å². The molecule has 0 radical (unpaired) electrons. The smallest absolute Gasteiger partial charge is 0.0882 e. The number of halogens is 1. The molecule has 0 aromatic carbocycles. The van der Waals surface area contributed by atoms with Crippen molar-refractivity contribution in [2.24, 2.45) is 0 Å². The lowest BCUT2D eigenvalue weighted by atomic mass is 10.0. The van der Waals surface area contributed by atoms with Crippen LogP contribution in [0, 0.1) is 6.92 Å². The van der Waals surface area contributed by atoms with Crippen molar-refractivity contribution in [3.8, 4) is 0 Å². The summed E-state index contributed by atoms with van der Waals surface area (Å²) in [6.07, 6.45) is 12.6. The highest BCUT2D eigenvalue weighted by molar-refractivity contribution is 9.11. The van der Waals surface area contributed by atoms with Crippen LogP contribution < -0.4 is 0 Å². The molecule has 1 rings (SSSR count). The van der Waals surface area contributed by atoms with E-state index in [1.54, 1.807) is 11.3 Å². The molecule has 0 amide bonds. The summed E-state index contributed by atoms with van der Waals surface area (Å²) >= 11 is 5.19. The van der Waals surface area contributed by atoms with E-state index >= 15 is 0 Å². The lowest BCUT2D eigenvalue weighted by Crippen LogP contribution is -1.94. The van der Waals surface area contributed by atoms with E-state index in [4.69, 9.17) is 0 Å². The molecule has 1 N–H and O–H groups in total. The molecule has 1 aromatic heterocycles. The van der Waals surface area contributed by atoms with Crippen molar-refractivity contribution in [1.82, 2.24) is 0 Å². The van der Waals surface area contributed by atoms with Gasteiger partial charge in [-0.05, 0) is 40.9 Å². The van der Waals surface area contributed by atoms with Crippen LogP contribution in [0.1, 0.15) is 87.7 Å². The van der Waals surface area contributed by atoms with Crippen LogP contribution in [0.3, 0.4) is 0 Å². The molecule has 0 saturated heterocycles. The molecule has 3 heteroatoms. The molecule has 116 valence electrons. The topological polar surface area (TPSA) is 20.2 Å². The van der Waals surface area contributed by atoms with Crippen LogP contribution in [0.4, 0.5) is 0 Å². The summed E-state index contributed by atoms with van der Waals surface area (Å²) in [5.41, 5.74) is 1.23. The molecule has 0 bridgehead atoms. The van der Waals surface area contributed by atoms with E-state index < -0.39 is 0 Å². The summed E-state index contributed by atoms with van der Waals surface area (Å²) in [6.45, 7) is 4.34. The fraction of sp³-hybridized carbons (Fsp3) is 0.765. The maximum absolute atomic E-state index is 10.1. The van der Waals surface area contributed by atoms with Gasteiger partial charge in [0.1, 0.15) is 0 Å². The molecule has 20 heavy (non-hydrogen) atoms. The first-order valence-electron chi connectivity index (χ1n) is 8.09. The van der Waals surface area contributed by atoms with Gasteiger partial charge in [-0.15, -0.1) is 11.3 Å². The van der Waals surface area contributed by atoms with Gasteiger partial charge in [0.05, 0.1) is 9.89 Å². The average Bonchev–Trinajstić information content (AvgIpc) is 2.77. The zero-order valence-corrected chi connectivity index (χ0v) is 15.4. The van der Waals surface area contributed by atoms with Crippen molar-refractivity contribution in [3.05, 3.63) is 20.3 Å². The molecule has 0 fully saturated rings. The van der Waals surface area contributed by atoms with E-state index in [1.807, 2.05) is 0 Å². The third-order valence-corrected chi connectivity index (χ3v) is 6.02. The second-order valence-electron chi connectivity index (χ2n) is 5.74. The van der Waals surface area contributed by atoms with Gasteiger partial charge in [0.25, 0.3) is 0 Å². The van der Waals surface area contributed by atoms with E-state index in [2.05, 4.69) is 35.8 Å². The van der Waals surface area contributed by atoms with Gasteiger partial charge in [-0.1, -0.05) is 64.7 Å². The van der Waals surface area contributed by atoms with Gasteiger partial charge >= 0.3 is 0 Å². The Balaban J connectivity index is 2.01. The van der Waals surface area contributed by atoms with Crippen LogP contribution in [-0.2, 0) is 0 Å². The minimum atomic E-state index is -0.269. The Hall–Kier alpha value is 0.140. The molecule has 1 aromatic rings. The molecule has 0 aliphatic rings. The highest BCUT2D eigenvalue weighted by Crippen LogP contribution is 2.33. The quantitative estimate of drug-likeness (QED) is 0.431. The van der Waals surface area contributed by atoms with Crippen LogP contribution in [0.25, 0.3) is 0 Å². The summed E-state index contributed by atoms with van der Waals surface area (Å²) in [6, 6.07) is 2.10. The number of aryl methyl sites for hydroxylation is 1. The summed E-state index contributed by atoms with van der Waals surface area (Å²) in [5.74, 6) is 0. The van der Waals surface area contributed by atoms with Crippen molar-refractivity contribution in [1.29, 1.82) is 0 Å². The third-order valence-electron chi connectivity index (χ3n) is 3.79. The molecular weight excluding hydrogens is 332 g/mol. The van der Waals surface area contributed by atoms with Crippen LogP contribution in [0.2, 0.25) is 0 Å². The van der Waals surface area contributed by atoms with Crippen molar-refractivity contribution in [2.45, 2.75) is 84.2 Å². The monoisotopic (exact) mass is 360 g/mol. The fourth-order valence-corrected chi connectivity index (χ4v) is 4.03. The second kappa shape index (κ2) is 10.8. The Morgan fingerprint density at radius 2 is 1.60 bits per heavy atom. The molecular formula is C17H29BrOS. The molecule has 0 aliphatic carbocycles. The Morgan fingerprint density at radius 1 is 1.05 bits per heavy atom. The van der Waals surface area contributed by atoms with E-state index in [0.29, 0.717) is 0 Å². The first-order valence-corrected chi connectivity index (χ1v) is 9.70. The van der Waals surface area contributed by atoms with Crippen LogP contribution >= 0.6 is 27.3 Å². The van der Waals surface area contributed by atoms with Crippen molar-refractivity contribution < 1.29 is 5.11 Å². The van der Waals surface area contributed by atoms with Gasteiger partial charge < -0.3 is 5.11 Å². The predicted molar refractivity (Wildman–Crippen MR) is 93.6 cm³/mol. The van der Waals surface area contributed by atoms with Gasteiger partial charge in [0.15, 0.2) is 0 Å². The van der Waals surface area contributed by atoms with Crippen LogP contribution in [0.15, 0.2) is 9.85 Å². The number of rotatable bonds is 11. The largest absolute Gasteiger partial charge is 0.388 e. The van der Waals surface area contributed by atoms with Crippen molar-refractivity contribution in [3.63, 3.8) is 0 Å². The summed E-state index contributed by atoms with van der Waals surface area (Å²) in [7, 11) is 0. The molecule has 0 aliphatic heterocycles. The van der Waals surface area contributed by atoms with Crippen molar-refractivity contribution in [2.75, 3.05) is 0 Å². The summed E-state index contributed by atoms with van der Waals surface area (Å²) < 4.78 is 1.15. The van der Waals surface area contributed by atoms with Gasteiger partial charge in [-0.25, -0.2) is 0 Å². The van der Waals surface area contributed by atoms with E-state index in [-0.39, 0.29) is 6.10 Å². The molecule has 0 saturated carbocycles.